The first-order chi connectivity index (χ1) is 13.4. The Morgan fingerprint density at radius 3 is 2.39 bits per heavy atom. The first kappa shape index (κ1) is 18.5. The molecule has 1 unspecified atom stereocenters. The number of fused-ring (bicyclic) bond motifs is 1. The van der Waals surface area contributed by atoms with Gasteiger partial charge >= 0.3 is 5.97 Å². The van der Waals surface area contributed by atoms with Gasteiger partial charge in [0, 0.05) is 22.4 Å². The fourth-order valence-corrected chi connectivity index (χ4v) is 4.27. The van der Waals surface area contributed by atoms with Gasteiger partial charge in [-0.05, 0) is 31.7 Å². The molecule has 3 aromatic rings. The number of cyclic esters (lactones) is 1. The third-order valence-corrected chi connectivity index (χ3v) is 5.47. The van der Waals surface area contributed by atoms with E-state index in [-0.39, 0.29) is 5.57 Å². The molecule has 0 saturated carbocycles. The van der Waals surface area contributed by atoms with E-state index in [2.05, 4.69) is 4.98 Å². The number of hydrogen-bond acceptors (Lipinski definition) is 5. The maximum absolute atomic E-state index is 12.9. The second-order valence-electron chi connectivity index (χ2n) is 7.05. The molecule has 0 aliphatic carbocycles. The number of carbonyl (C=O) groups excluding carboxylic acids is 1. The Hall–Kier alpha value is -2.86. The van der Waals surface area contributed by atoms with Crippen molar-refractivity contribution in [2.45, 2.75) is 30.6 Å². The summed E-state index contributed by atoms with van der Waals surface area (Å²) in [6.45, 7) is 3.10. The summed E-state index contributed by atoms with van der Waals surface area (Å²) in [5.74, 6) is -3.17. The van der Waals surface area contributed by atoms with Crippen molar-refractivity contribution in [2.75, 3.05) is 6.26 Å². The highest BCUT2D eigenvalue weighted by Gasteiger charge is 2.37. The highest BCUT2D eigenvalue weighted by molar-refractivity contribution is 7.98. The summed E-state index contributed by atoms with van der Waals surface area (Å²) in [4.78, 5) is 16.3. The topological polar surface area (TPSA) is 74.4 Å². The van der Waals surface area contributed by atoms with Gasteiger partial charge in [-0.15, -0.1) is 11.8 Å². The molecule has 2 aromatic carbocycles. The number of hydrogen-bond donors (Lipinski definition) is 1. The van der Waals surface area contributed by atoms with Crippen LogP contribution in [0.25, 0.3) is 10.9 Å². The summed E-state index contributed by atoms with van der Waals surface area (Å²) < 4.78 is 10.8. The smallest absolute Gasteiger partial charge is 0.338 e. The Morgan fingerprint density at radius 2 is 1.71 bits per heavy atom. The molecule has 1 aliphatic heterocycles. The fourth-order valence-electron chi connectivity index (χ4n) is 3.61. The van der Waals surface area contributed by atoms with E-state index in [1.807, 2.05) is 60.9 Å². The zero-order chi connectivity index (χ0) is 19.9. The SMILES string of the molecule is CSc1[nH]c2ccccc2c1C(C1=C([O-])OC(C)(C)OC1=O)c1ccccc1. The summed E-state index contributed by atoms with van der Waals surface area (Å²) in [5.41, 5.74) is 2.64. The van der Waals surface area contributed by atoms with E-state index in [4.69, 9.17) is 9.47 Å². The van der Waals surface area contributed by atoms with E-state index >= 15 is 0 Å². The summed E-state index contributed by atoms with van der Waals surface area (Å²) in [7, 11) is 0. The van der Waals surface area contributed by atoms with Crippen LogP contribution in [0.2, 0.25) is 0 Å². The molecular weight excluding hydrogens is 374 g/mol. The van der Waals surface area contributed by atoms with Gasteiger partial charge in [0.05, 0.1) is 16.5 Å². The van der Waals surface area contributed by atoms with E-state index in [0.29, 0.717) is 0 Å². The van der Waals surface area contributed by atoms with Gasteiger partial charge < -0.3 is 19.6 Å². The molecule has 1 atom stereocenters. The number of aromatic nitrogens is 1. The summed E-state index contributed by atoms with van der Waals surface area (Å²) >= 11 is 1.54. The van der Waals surface area contributed by atoms with E-state index in [1.54, 1.807) is 13.8 Å². The molecule has 1 aliphatic rings. The van der Waals surface area contributed by atoms with Crippen molar-refractivity contribution in [2.24, 2.45) is 0 Å². The number of esters is 1. The first-order valence-electron chi connectivity index (χ1n) is 8.94. The number of nitrogens with one attached hydrogen (secondary N) is 1. The second kappa shape index (κ2) is 6.95. The van der Waals surface area contributed by atoms with Crippen LogP contribution in [-0.4, -0.2) is 23.0 Å². The zero-order valence-corrected chi connectivity index (χ0v) is 16.6. The van der Waals surface area contributed by atoms with E-state index < -0.39 is 23.6 Å². The highest BCUT2D eigenvalue weighted by atomic mass is 32.2. The fraction of sp³-hybridized carbons (Fsp3) is 0.227. The summed E-state index contributed by atoms with van der Waals surface area (Å²) in [5, 5.41) is 14.7. The molecule has 4 rings (SSSR count). The predicted octanol–water partition coefficient (Wildman–Crippen LogP) is 3.90. The standard InChI is InChI=1S/C22H21NO4S/c1-22(2)26-20(24)18(21(25)27-22)16(13-9-5-4-6-10-13)17-14-11-7-8-12-15(14)23-19(17)28-3/h4-12,16,23-24H,1-3H3/p-1. The summed E-state index contributed by atoms with van der Waals surface area (Å²) in [6.07, 6.45) is 1.96. The summed E-state index contributed by atoms with van der Waals surface area (Å²) in [6, 6.07) is 17.3. The number of carbonyl (C=O) groups is 1. The molecule has 2 heterocycles. The van der Waals surface area contributed by atoms with Crippen LogP contribution in [0.1, 0.15) is 30.9 Å². The molecule has 0 amide bonds. The highest BCUT2D eigenvalue weighted by Crippen LogP contribution is 2.44. The molecule has 6 heteroatoms. The average molecular weight is 394 g/mol. The minimum absolute atomic E-state index is 0.00872. The number of thioether (sulfide) groups is 1. The third kappa shape index (κ3) is 3.14. The van der Waals surface area contributed by atoms with E-state index in [9.17, 15) is 9.90 Å². The second-order valence-corrected chi connectivity index (χ2v) is 7.87. The van der Waals surface area contributed by atoms with Crippen molar-refractivity contribution >= 4 is 28.6 Å². The minimum atomic E-state index is -1.28. The number of H-pyrrole nitrogens is 1. The first-order valence-corrected chi connectivity index (χ1v) is 10.2. The van der Waals surface area contributed by atoms with Crippen LogP contribution < -0.4 is 5.11 Å². The predicted molar refractivity (Wildman–Crippen MR) is 107 cm³/mol. The van der Waals surface area contributed by atoms with Crippen molar-refractivity contribution in [1.29, 1.82) is 0 Å². The van der Waals surface area contributed by atoms with E-state index in [1.165, 1.54) is 11.8 Å². The number of aromatic amines is 1. The van der Waals surface area contributed by atoms with Gasteiger partial charge in [-0.25, -0.2) is 4.79 Å². The molecular formula is C22H20NO4S-. The molecule has 0 saturated heterocycles. The largest absolute Gasteiger partial charge is 0.575 e. The molecule has 0 bridgehead atoms. The molecule has 0 spiro atoms. The maximum Gasteiger partial charge on any atom is 0.338 e. The molecule has 5 nitrogen and oxygen atoms in total. The lowest BCUT2D eigenvalue weighted by atomic mass is 9.84. The van der Waals surface area contributed by atoms with Gasteiger partial charge in [0.15, 0.2) is 5.79 Å². The normalized spacial score (nSPS) is 17.3. The average Bonchev–Trinajstić information content (AvgIpc) is 3.03. The van der Waals surface area contributed by atoms with Gasteiger partial charge in [-0.1, -0.05) is 48.5 Å². The third-order valence-electron chi connectivity index (χ3n) is 4.74. The Balaban J connectivity index is 2.01. The van der Waals surface area contributed by atoms with Crippen LogP contribution in [0, 0.1) is 0 Å². The number of rotatable bonds is 4. The van der Waals surface area contributed by atoms with Crippen molar-refractivity contribution in [1.82, 2.24) is 4.98 Å². The minimum Gasteiger partial charge on any atom is -0.575 e. The van der Waals surface area contributed by atoms with Crippen LogP contribution in [0.4, 0.5) is 0 Å². The Kier molecular flexibility index (Phi) is 4.59. The number of ether oxygens (including phenoxy) is 2. The molecule has 0 fully saturated rings. The van der Waals surface area contributed by atoms with Crippen molar-refractivity contribution in [3.63, 3.8) is 0 Å². The monoisotopic (exact) mass is 394 g/mol. The van der Waals surface area contributed by atoms with Gasteiger partial charge in [0.2, 0.25) is 0 Å². The zero-order valence-electron chi connectivity index (χ0n) is 15.8. The van der Waals surface area contributed by atoms with Crippen molar-refractivity contribution < 1.29 is 19.4 Å². The van der Waals surface area contributed by atoms with Crippen LogP contribution in [0.5, 0.6) is 0 Å². The number of para-hydroxylation sites is 1. The Labute approximate surface area is 167 Å². The maximum atomic E-state index is 12.9. The molecule has 1 aromatic heterocycles. The Bertz CT molecular complexity index is 1070. The molecule has 144 valence electrons. The lowest BCUT2D eigenvalue weighted by Crippen LogP contribution is -2.41. The molecule has 1 N–H and O–H groups in total. The molecule has 28 heavy (non-hydrogen) atoms. The quantitative estimate of drug-likeness (QED) is 0.537. The number of benzene rings is 2. The lowest BCUT2D eigenvalue weighted by Gasteiger charge is -2.41. The van der Waals surface area contributed by atoms with Crippen molar-refractivity contribution in [3.8, 4) is 0 Å². The Morgan fingerprint density at radius 1 is 1.04 bits per heavy atom. The van der Waals surface area contributed by atoms with Gasteiger partial charge in [0.1, 0.15) is 0 Å². The van der Waals surface area contributed by atoms with Crippen LogP contribution in [0.15, 0.2) is 71.1 Å². The van der Waals surface area contributed by atoms with Crippen LogP contribution >= 0.6 is 11.8 Å². The van der Waals surface area contributed by atoms with Gasteiger partial charge in [0.25, 0.3) is 0 Å². The van der Waals surface area contributed by atoms with Gasteiger partial charge in [-0.2, -0.15) is 0 Å². The lowest BCUT2D eigenvalue weighted by molar-refractivity contribution is -0.394. The van der Waals surface area contributed by atoms with Crippen LogP contribution in [-0.2, 0) is 14.3 Å². The molecule has 0 radical (unpaired) electrons. The van der Waals surface area contributed by atoms with Crippen molar-refractivity contribution in [3.05, 3.63) is 77.2 Å². The van der Waals surface area contributed by atoms with E-state index in [0.717, 1.165) is 27.1 Å². The van der Waals surface area contributed by atoms with Gasteiger partial charge in [-0.3, -0.25) is 0 Å². The van der Waals surface area contributed by atoms with Crippen LogP contribution in [0.3, 0.4) is 0 Å².